The van der Waals surface area contributed by atoms with Crippen molar-refractivity contribution in [1.29, 1.82) is 0 Å². The fourth-order valence-electron chi connectivity index (χ4n) is 4.81. The number of ether oxygens (including phenoxy) is 3. The molecule has 0 spiro atoms. The van der Waals surface area contributed by atoms with Crippen molar-refractivity contribution in [3.8, 4) is 22.9 Å². The third kappa shape index (κ3) is 5.40. The molecule has 0 saturated heterocycles. The molecule has 206 valence electrons. The number of hydrogen-bond acceptors (Lipinski definition) is 8. The number of aryl methyl sites for hydroxylation is 1. The molecule has 3 aromatic heterocycles. The smallest absolute Gasteiger partial charge is 0.327 e. The average molecular weight is 534 g/mol. The Morgan fingerprint density at radius 3 is 2.85 bits per heavy atom. The molecule has 39 heavy (non-hydrogen) atoms. The highest BCUT2D eigenvalue weighted by atomic mass is 16.5. The number of benzene rings is 1. The molecule has 1 N–H and O–H groups in total. The molecule has 0 fully saturated rings. The fourth-order valence-corrected chi connectivity index (χ4v) is 4.81. The lowest BCUT2D eigenvalue weighted by Gasteiger charge is -2.25. The first-order chi connectivity index (χ1) is 18.8. The number of rotatable bonds is 5. The Balaban J connectivity index is 1.70. The highest BCUT2D eigenvalue weighted by molar-refractivity contribution is 5.93. The van der Waals surface area contributed by atoms with E-state index in [0.717, 1.165) is 45.5 Å². The van der Waals surface area contributed by atoms with Crippen molar-refractivity contribution in [1.82, 2.24) is 34.7 Å². The lowest BCUT2D eigenvalue weighted by Crippen LogP contribution is -2.35. The predicted molar refractivity (Wildman–Crippen MR) is 148 cm³/mol. The molecular formula is C28H35N7O4. The molecule has 1 aromatic carbocycles. The van der Waals surface area contributed by atoms with Crippen LogP contribution >= 0.6 is 0 Å². The van der Waals surface area contributed by atoms with Gasteiger partial charge in [-0.25, -0.2) is 4.68 Å². The molecule has 0 amide bonds. The summed E-state index contributed by atoms with van der Waals surface area (Å²) < 4.78 is 21.0. The summed E-state index contributed by atoms with van der Waals surface area (Å²) in [4.78, 5) is 14.6. The molecule has 4 heterocycles. The zero-order valence-electron chi connectivity index (χ0n) is 23.3. The summed E-state index contributed by atoms with van der Waals surface area (Å²) in [6.07, 6.45) is 5.56. The normalized spacial score (nSPS) is 16.8. The van der Waals surface area contributed by atoms with Gasteiger partial charge in [-0.1, -0.05) is 13.0 Å². The monoisotopic (exact) mass is 533 g/mol. The predicted octanol–water partition coefficient (Wildman–Crippen LogP) is 3.89. The van der Waals surface area contributed by atoms with E-state index >= 15 is 0 Å². The van der Waals surface area contributed by atoms with E-state index in [0.29, 0.717) is 24.8 Å². The molecule has 4 aromatic rings. The summed E-state index contributed by atoms with van der Waals surface area (Å²) in [5, 5.41) is 17.8. The molecule has 11 heteroatoms. The van der Waals surface area contributed by atoms with Gasteiger partial charge in [0.1, 0.15) is 12.6 Å². The van der Waals surface area contributed by atoms with E-state index in [-0.39, 0.29) is 24.7 Å². The Bertz CT molecular complexity index is 1510. The second kappa shape index (κ2) is 10.9. The van der Waals surface area contributed by atoms with E-state index in [9.17, 15) is 4.79 Å². The van der Waals surface area contributed by atoms with Crippen LogP contribution in [-0.4, -0.2) is 73.0 Å². The van der Waals surface area contributed by atoms with E-state index < -0.39 is 0 Å². The van der Waals surface area contributed by atoms with Gasteiger partial charge in [0.15, 0.2) is 0 Å². The number of likely N-dealkylation sites (N-methyl/N-ethyl adjacent to an activating group) is 1. The van der Waals surface area contributed by atoms with Crippen LogP contribution in [-0.2, 0) is 29.7 Å². The van der Waals surface area contributed by atoms with Gasteiger partial charge in [-0.05, 0) is 57.2 Å². The van der Waals surface area contributed by atoms with E-state index in [2.05, 4.69) is 40.1 Å². The Hall–Kier alpha value is -4.12. The summed E-state index contributed by atoms with van der Waals surface area (Å²) in [6.45, 7) is 9.98. The number of aromatic amines is 1. The molecule has 1 atom stereocenters. The van der Waals surface area contributed by atoms with Crippen LogP contribution in [0, 0.1) is 0 Å². The number of fused-ring (bicyclic) bond motifs is 4. The van der Waals surface area contributed by atoms with Gasteiger partial charge in [0.05, 0.1) is 47.4 Å². The minimum atomic E-state index is -0.383. The summed E-state index contributed by atoms with van der Waals surface area (Å²) in [5.74, 6) is 0.789. The number of H-pyrrole nitrogens is 1. The Labute approximate surface area is 227 Å². The summed E-state index contributed by atoms with van der Waals surface area (Å²) in [5.41, 5.74) is 5.26. The molecule has 1 aliphatic heterocycles. The van der Waals surface area contributed by atoms with Crippen molar-refractivity contribution in [2.45, 2.75) is 53.0 Å². The maximum Gasteiger partial charge on any atom is 0.327 e. The number of esters is 1. The highest BCUT2D eigenvalue weighted by Crippen LogP contribution is 2.34. The van der Waals surface area contributed by atoms with Crippen LogP contribution in [0.15, 0.2) is 24.4 Å². The zero-order chi connectivity index (χ0) is 27.7. The molecule has 5 rings (SSSR count). The molecular weight excluding hydrogens is 498 g/mol. The summed E-state index contributed by atoms with van der Waals surface area (Å²) in [7, 11) is 3.26. The second-order valence-electron chi connectivity index (χ2n) is 10.0. The molecule has 0 aliphatic carbocycles. The molecule has 11 nitrogen and oxygen atoms in total. The van der Waals surface area contributed by atoms with Crippen LogP contribution in [0.25, 0.3) is 34.2 Å². The van der Waals surface area contributed by atoms with Gasteiger partial charge in [0.25, 0.3) is 0 Å². The number of aromatic nitrogens is 6. The highest BCUT2D eigenvalue weighted by Gasteiger charge is 2.24. The lowest BCUT2D eigenvalue weighted by atomic mass is 10.1. The SMILES string of the molecule is CCN1Cc2c(c(OC(C)C)nn2CC(=O)OC)/C=C\c2[nH]nc3ccc(cc23)-c2cnn(C)c2O[C@@H](C)C1. The van der Waals surface area contributed by atoms with Crippen LogP contribution < -0.4 is 9.47 Å². The molecule has 0 saturated carbocycles. The van der Waals surface area contributed by atoms with Crippen LogP contribution in [0.5, 0.6) is 11.8 Å². The summed E-state index contributed by atoms with van der Waals surface area (Å²) >= 11 is 0. The van der Waals surface area contributed by atoms with Gasteiger partial charge < -0.3 is 14.2 Å². The van der Waals surface area contributed by atoms with Gasteiger partial charge in [0, 0.05) is 25.5 Å². The van der Waals surface area contributed by atoms with Crippen molar-refractivity contribution >= 4 is 29.0 Å². The van der Waals surface area contributed by atoms with Crippen LogP contribution in [0.3, 0.4) is 0 Å². The Morgan fingerprint density at radius 1 is 1.28 bits per heavy atom. The van der Waals surface area contributed by atoms with Crippen molar-refractivity contribution in [3.63, 3.8) is 0 Å². The number of nitrogens with one attached hydrogen (secondary N) is 1. The maximum atomic E-state index is 12.3. The average Bonchev–Trinajstić information content (AvgIpc) is 3.57. The van der Waals surface area contributed by atoms with Crippen LogP contribution in [0.4, 0.5) is 0 Å². The van der Waals surface area contributed by atoms with Gasteiger partial charge in [-0.3, -0.25) is 19.5 Å². The number of methoxy groups -OCH3 is 1. The van der Waals surface area contributed by atoms with Gasteiger partial charge >= 0.3 is 5.97 Å². The number of carbonyl (C=O) groups is 1. The number of nitrogens with zero attached hydrogens (tertiary/aromatic N) is 6. The first kappa shape index (κ1) is 26.5. The third-order valence-electron chi connectivity index (χ3n) is 6.76. The Kier molecular flexibility index (Phi) is 7.42. The van der Waals surface area contributed by atoms with Crippen molar-refractivity contribution in [2.24, 2.45) is 7.05 Å². The lowest BCUT2D eigenvalue weighted by molar-refractivity contribution is -0.141. The van der Waals surface area contributed by atoms with Gasteiger partial charge in [-0.15, -0.1) is 5.10 Å². The fraction of sp³-hybridized carbons (Fsp3) is 0.429. The number of hydrogen-bond donors (Lipinski definition) is 1. The standard InChI is InChI=1S/C28H35N7O4/c1-7-34-14-18(4)39-28-22(13-29-33(28)5)19-8-10-23-21(12-19)24(31-30-23)11-9-20-25(15-34)35(16-26(36)37-6)32-27(20)38-17(2)3/h8-13,17-18H,7,14-16H2,1-6H3,(H,30,31)/b11-9-/t18-/m0/s1. The molecule has 2 bridgehead atoms. The second-order valence-corrected chi connectivity index (χ2v) is 10.0. The van der Waals surface area contributed by atoms with Crippen molar-refractivity contribution in [2.75, 3.05) is 20.2 Å². The maximum absolute atomic E-state index is 12.3. The Morgan fingerprint density at radius 2 is 2.10 bits per heavy atom. The first-order valence-corrected chi connectivity index (χ1v) is 13.2. The number of carbonyl (C=O) groups excluding carboxylic acids is 1. The molecule has 1 aliphatic rings. The van der Waals surface area contributed by atoms with Gasteiger partial charge in [-0.2, -0.15) is 10.2 Å². The molecule has 0 unspecified atom stereocenters. The van der Waals surface area contributed by atoms with E-state index in [1.54, 1.807) is 9.36 Å². The van der Waals surface area contributed by atoms with Crippen molar-refractivity contribution < 1.29 is 19.0 Å². The topological polar surface area (TPSA) is 112 Å². The quantitative estimate of drug-likeness (QED) is 0.385. The minimum absolute atomic E-state index is 0.0214. The van der Waals surface area contributed by atoms with Crippen molar-refractivity contribution in [3.05, 3.63) is 41.3 Å². The minimum Gasteiger partial charge on any atom is -0.473 e. The first-order valence-electron chi connectivity index (χ1n) is 13.2. The van der Waals surface area contributed by atoms with Crippen LogP contribution in [0.2, 0.25) is 0 Å². The van der Waals surface area contributed by atoms with Crippen LogP contribution in [0.1, 0.15) is 44.6 Å². The summed E-state index contributed by atoms with van der Waals surface area (Å²) in [6, 6.07) is 6.12. The van der Waals surface area contributed by atoms with E-state index in [1.807, 2.05) is 51.4 Å². The van der Waals surface area contributed by atoms with E-state index in [4.69, 9.17) is 19.3 Å². The largest absolute Gasteiger partial charge is 0.473 e. The zero-order valence-corrected chi connectivity index (χ0v) is 23.3. The van der Waals surface area contributed by atoms with Gasteiger partial charge in [0.2, 0.25) is 11.8 Å². The van der Waals surface area contributed by atoms with E-state index in [1.165, 1.54) is 7.11 Å². The molecule has 0 radical (unpaired) electrons. The third-order valence-corrected chi connectivity index (χ3v) is 6.76.